The molecule has 1 nitrogen and oxygen atoms in total. The Morgan fingerprint density at radius 2 is 1.86 bits per heavy atom. The minimum Gasteiger partial charge on any atom is -0.508 e. The van der Waals surface area contributed by atoms with Gasteiger partial charge in [0.05, 0.1) is 0 Å². The predicted octanol–water partition coefficient (Wildman–Crippen LogP) is 3.69. The van der Waals surface area contributed by atoms with E-state index in [2.05, 4.69) is 19.9 Å². The van der Waals surface area contributed by atoms with Crippen LogP contribution in [0.5, 0.6) is 5.75 Å². The number of phenolic OH excluding ortho intramolecular Hbond substituents is 1. The molecule has 14 heavy (non-hydrogen) atoms. The zero-order valence-electron chi connectivity index (χ0n) is 9.21. The van der Waals surface area contributed by atoms with Crippen LogP contribution >= 0.6 is 0 Å². The smallest absolute Gasteiger partial charge is 0.119 e. The Morgan fingerprint density at radius 3 is 2.50 bits per heavy atom. The van der Waals surface area contributed by atoms with Crippen molar-refractivity contribution in [3.63, 3.8) is 0 Å². The minimum atomic E-state index is 0.476. The molecule has 0 amide bonds. The van der Waals surface area contributed by atoms with Crippen LogP contribution in [0.1, 0.15) is 44.2 Å². The van der Waals surface area contributed by atoms with Crippen LogP contribution in [-0.4, -0.2) is 5.11 Å². The standard InChI is InChI=1S/C13H20O/c1-3-5-9-12-11(7-4-2)8-6-10-13(12)14/h6,8,10,14H,3-5,7,9H2,1-2H3. The molecule has 0 heterocycles. The summed E-state index contributed by atoms with van der Waals surface area (Å²) < 4.78 is 0. The molecule has 0 aromatic heterocycles. The van der Waals surface area contributed by atoms with Crippen molar-refractivity contribution in [2.75, 3.05) is 0 Å². The van der Waals surface area contributed by atoms with Gasteiger partial charge in [-0.3, -0.25) is 0 Å². The number of unbranched alkanes of at least 4 members (excludes halogenated alkanes) is 1. The van der Waals surface area contributed by atoms with Crippen LogP contribution < -0.4 is 0 Å². The Morgan fingerprint density at radius 1 is 1.07 bits per heavy atom. The predicted molar refractivity (Wildman–Crippen MR) is 60.7 cm³/mol. The number of aryl methyl sites for hydroxylation is 1. The van der Waals surface area contributed by atoms with Gasteiger partial charge >= 0.3 is 0 Å². The van der Waals surface area contributed by atoms with Crippen molar-refractivity contribution in [2.45, 2.75) is 46.0 Å². The van der Waals surface area contributed by atoms with Crippen LogP contribution in [0.2, 0.25) is 0 Å². The molecule has 0 aliphatic heterocycles. The summed E-state index contributed by atoms with van der Waals surface area (Å²) in [5, 5.41) is 9.74. The van der Waals surface area contributed by atoms with E-state index < -0.39 is 0 Å². The fourth-order valence-electron chi connectivity index (χ4n) is 1.77. The number of aromatic hydroxyl groups is 1. The maximum absolute atomic E-state index is 9.74. The molecule has 0 atom stereocenters. The second-order valence-corrected chi connectivity index (χ2v) is 3.77. The van der Waals surface area contributed by atoms with E-state index in [-0.39, 0.29) is 0 Å². The average molecular weight is 192 g/mol. The van der Waals surface area contributed by atoms with Gasteiger partial charge < -0.3 is 5.11 Å². The highest BCUT2D eigenvalue weighted by molar-refractivity contribution is 5.39. The fraction of sp³-hybridized carbons (Fsp3) is 0.538. The third-order valence-electron chi connectivity index (χ3n) is 2.55. The van der Waals surface area contributed by atoms with E-state index in [1.165, 1.54) is 12.0 Å². The first-order valence-electron chi connectivity index (χ1n) is 5.59. The van der Waals surface area contributed by atoms with E-state index in [9.17, 15) is 5.11 Å². The molecule has 0 spiro atoms. The highest BCUT2D eigenvalue weighted by Gasteiger charge is 2.05. The topological polar surface area (TPSA) is 20.2 Å². The highest BCUT2D eigenvalue weighted by Crippen LogP contribution is 2.24. The Labute approximate surface area is 86.8 Å². The fourth-order valence-corrected chi connectivity index (χ4v) is 1.77. The Kier molecular flexibility index (Phi) is 4.51. The zero-order chi connectivity index (χ0) is 10.4. The minimum absolute atomic E-state index is 0.476. The lowest BCUT2D eigenvalue weighted by Crippen LogP contribution is -1.94. The van der Waals surface area contributed by atoms with E-state index >= 15 is 0 Å². The summed E-state index contributed by atoms with van der Waals surface area (Å²) >= 11 is 0. The number of phenols is 1. The van der Waals surface area contributed by atoms with Gasteiger partial charge in [-0.25, -0.2) is 0 Å². The van der Waals surface area contributed by atoms with E-state index in [0.29, 0.717) is 5.75 Å². The van der Waals surface area contributed by atoms with Gasteiger partial charge in [0.25, 0.3) is 0 Å². The molecule has 0 unspecified atom stereocenters. The van der Waals surface area contributed by atoms with Gasteiger partial charge in [0, 0.05) is 0 Å². The van der Waals surface area contributed by atoms with Gasteiger partial charge in [-0.1, -0.05) is 38.8 Å². The molecule has 78 valence electrons. The molecule has 0 aliphatic rings. The maximum atomic E-state index is 9.74. The van der Waals surface area contributed by atoms with Crippen LogP contribution in [0.3, 0.4) is 0 Å². The number of hydrogen-bond donors (Lipinski definition) is 1. The summed E-state index contributed by atoms with van der Waals surface area (Å²) in [5.74, 6) is 0.476. The third kappa shape index (κ3) is 2.76. The maximum Gasteiger partial charge on any atom is 0.119 e. The number of hydrogen-bond acceptors (Lipinski definition) is 1. The molecule has 0 saturated carbocycles. The van der Waals surface area contributed by atoms with Crippen molar-refractivity contribution >= 4 is 0 Å². The number of rotatable bonds is 5. The first-order chi connectivity index (χ1) is 6.79. The van der Waals surface area contributed by atoms with Gasteiger partial charge in [0.1, 0.15) is 5.75 Å². The molecule has 0 bridgehead atoms. The summed E-state index contributed by atoms with van der Waals surface area (Å²) in [6.45, 7) is 4.35. The lowest BCUT2D eigenvalue weighted by atomic mass is 9.98. The summed E-state index contributed by atoms with van der Waals surface area (Å²) in [5.41, 5.74) is 2.48. The Hall–Kier alpha value is -0.980. The summed E-state index contributed by atoms with van der Waals surface area (Å²) in [6.07, 6.45) is 5.57. The van der Waals surface area contributed by atoms with Crippen LogP contribution in [0.4, 0.5) is 0 Å². The third-order valence-corrected chi connectivity index (χ3v) is 2.55. The zero-order valence-corrected chi connectivity index (χ0v) is 9.21. The average Bonchev–Trinajstić information content (AvgIpc) is 2.18. The Bertz CT molecular complexity index is 279. The molecule has 0 radical (unpaired) electrons. The lowest BCUT2D eigenvalue weighted by Gasteiger charge is -2.10. The lowest BCUT2D eigenvalue weighted by molar-refractivity contribution is 0.465. The van der Waals surface area contributed by atoms with E-state index in [0.717, 1.165) is 31.2 Å². The molecule has 0 aliphatic carbocycles. The quantitative estimate of drug-likeness (QED) is 0.754. The van der Waals surface area contributed by atoms with Crippen molar-refractivity contribution < 1.29 is 5.11 Å². The van der Waals surface area contributed by atoms with Crippen molar-refractivity contribution in [1.82, 2.24) is 0 Å². The molecule has 1 N–H and O–H groups in total. The van der Waals surface area contributed by atoms with Gasteiger partial charge in [-0.05, 0) is 36.5 Å². The van der Waals surface area contributed by atoms with Crippen LogP contribution in [-0.2, 0) is 12.8 Å². The molecule has 0 saturated heterocycles. The Balaban J connectivity index is 2.84. The monoisotopic (exact) mass is 192 g/mol. The first kappa shape index (κ1) is 11.1. The largest absolute Gasteiger partial charge is 0.508 e. The molecule has 1 aromatic rings. The van der Waals surface area contributed by atoms with E-state index in [1.807, 2.05) is 6.07 Å². The van der Waals surface area contributed by atoms with Crippen LogP contribution in [0.15, 0.2) is 18.2 Å². The summed E-state index contributed by atoms with van der Waals surface area (Å²) in [6, 6.07) is 5.87. The molecule has 1 heteroatoms. The van der Waals surface area contributed by atoms with Crippen molar-refractivity contribution in [3.8, 4) is 5.75 Å². The van der Waals surface area contributed by atoms with Crippen LogP contribution in [0, 0.1) is 0 Å². The molecular formula is C13H20O. The summed E-state index contributed by atoms with van der Waals surface area (Å²) in [4.78, 5) is 0. The normalized spacial score (nSPS) is 10.4. The first-order valence-corrected chi connectivity index (χ1v) is 5.59. The molecule has 1 aromatic carbocycles. The highest BCUT2D eigenvalue weighted by atomic mass is 16.3. The second kappa shape index (κ2) is 5.69. The van der Waals surface area contributed by atoms with Crippen LogP contribution in [0.25, 0.3) is 0 Å². The van der Waals surface area contributed by atoms with Gasteiger partial charge in [-0.2, -0.15) is 0 Å². The SMILES string of the molecule is CCCCc1c(O)cccc1CCC. The van der Waals surface area contributed by atoms with Gasteiger partial charge in [0.15, 0.2) is 0 Å². The molecule has 0 fully saturated rings. The van der Waals surface area contributed by atoms with Crippen molar-refractivity contribution in [3.05, 3.63) is 29.3 Å². The van der Waals surface area contributed by atoms with Gasteiger partial charge in [-0.15, -0.1) is 0 Å². The molecule has 1 rings (SSSR count). The van der Waals surface area contributed by atoms with Crippen molar-refractivity contribution in [2.24, 2.45) is 0 Å². The summed E-state index contributed by atoms with van der Waals surface area (Å²) in [7, 11) is 0. The molecular weight excluding hydrogens is 172 g/mol. The van der Waals surface area contributed by atoms with E-state index in [4.69, 9.17) is 0 Å². The second-order valence-electron chi connectivity index (χ2n) is 3.77. The van der Waals surface area contributed by atoms with Crippen molar-refractivity contribution in [1.29, 1.82) is 0 Å². The van der Waals surface area contributed by atoms with E-state index in [1.54, 1.807) is 6.07 Å². The number of benzene rings is 1. The van der Waals surface area contributed by atoms with Gasteiger partial charge in [0.2, 0.25) is 0 Å².